The Morgan fingerprint density at radius 2 is 1.90 bits per heavy atom. The van der Waals surface area contributed by atoms with Crippen molar-refractivity contribution in [3.05, 3.63) is 24.3 Å². The fraction of sp³-hybridized carbons (Fsp3) is 0.533. The van der Waals surface area contributed by atoms with E-state index < -0.39 is 12.2 Å². The van der Waals surface area contributed by atoms with Crippen LogP contribution in [0.5, 0.6) is 0 Å². The van der Waals surface area contributed by atoms with Gasteiger partial charge in [0.15, 0.2) is 0 Å². The number of aliphatic hydroxyl groups excluding tert-OH is 1. The van der Waals surface area contributed by atoms with Crippen molar-refractivity contribution in [1.82, 2.24) is 0 Å². The fourth-order valence-corrected chi connectivity index (χ4v) is 2.68. The first kappa shape index (κ1) is 14.2. The van der Waals surface area contributed by atoms with Crippen molar-refractivity contribution >= 4 is 17.5 Å². The largest absolute Gasteiger partial charge is 0.441 e. The van der Waals surface area contributed by atoms with E-state index in [1.807, 2.05) is 24.3 Å². The van der Waals surface area contributed by atoms with E-state index in [9.17, 15) is 4.79 Å². The molecule has 0 saturated carbocycles. The minimum Gasteiger partial charge on any atom is -0.441 e. The van der Waals surface area contributed by atoms with E-state index in [1.165, 1.54) is 0 Å². The van der Waals surface area contributed by atoms with Crippen LogP contribution in [0.3, 0.4) is 0 Å². The predicted molar refractivity (Wildman–Crippen MR) is 78.8 cm³/mol. The summed E-state index contributed by atoms with van der Waals surface area (Å²) in [6.45, 7) is 3.69. The molecule has 0 radical (unpaired) electrons. The Kier molecular flexibility index (Phi) is 4.26. The number of carbonyl (C=O) groups excluding carboxylic acids is 1. The van der Waals surface area contributed by atoms with Gasteiger partial charge in [-0.25, -0.2) is 4.79 Å². The Hall–Kier alpha value is -1.79. The number of cyclic esters (lactones) is 1. The number of amides is 1. The van der Waals surface area contributed by atoms with E-state index in [1.54, 1.807) is 4.90 Å². The SMILES string of the molecule is O=C1O[C@@H](CO)CN1c1ccc(N2CCCOCC2)cc1. The molecule has 0 aliphatic carbocycles. The molecule has 0 aromatic heterocycles. The summed E-state index contributed by atoms with van der Waals surface area (Å²) in [4.78, 5) is 15.6. The van der Waals surface area contributed by atoms with Crippen LogP contribution < -0.4 is 9.80 Å². The zero-order chi connectivity index (χ0) is 14.7. The molecule has 2 aliphatic rings. The number of benzene rings is 1. The normalized spacial score (nSPS) is 23.1. The van der Waals surface area contributed by atoms with Crippen LogP contribution in [-0.2, 0) is 9.47 Å². The quantitative estimate of drug-likeness (QED) is 0.908. The Morgan fingerprint density at radius 1 is 1.14 bits per heavy atom. The molecule has 1 atom stereocenters. The van der Waals surface area contributed by atoms with Gasteiger partial charge in [0.2, 0.25) is 0 Å². The second-order valence-corrected chi connectivity index (χ2v) is 5.27. The lowest BCUT2D eigenvalue weighted by Crippen LogP contribution is -2.27. The molecule has 2 heterocycles. The highest BCUT2D eigenvalue weighted by atomic mass is 16.6. The average molecular weight is 292 g/mol. The third-order valence-electron chi connectivity index (χ3n) is 3.83. The van der Waals surface area contributed by atoms with E-state index in [4.69, 9.17) is 14.6 Å². The van der Waals surface area contributed by atoms with Crippen molar-refractivity contribution in [2.75, 3.05) is 49.3 Å². The lowest BCUT2D eigenvalue weighted by atomic mass is 10.2. The monoisotopic (exact) mass is 292 g/mol. The second-order valence-electron chi connectivity index (χ2n) is 5.27. The molecular weight excluding hydrogens is 272 g/mol. The Bertz CT molecular complexity index is 483. The number of carbonyl (C=O) groups is 1. The zero-order valence-corrected chi connectivity index (χ0v) is 11.9. The predicted octanol–water partition coefficient (Wildman–Crippen LogP) is 1.23. The van der Waals surface area contributed by atoms with E-state index in [-0.39, 0.29) is 6.61 Å². The van der Waals surface area contributed by atoms with Crippen molar-refractivity contribution in [3.8, 4) is 0 Å². The lowest BCUT2D eigenvalue weighted by molar-refractivity contribution is 0.0963. The molecule has 3 rings (SSSR count). The fourth-order valence-electron chi connectivity index (χ4n) is 2.68. The summed E-state index contributed by atoms with van der Waals surface area (Å²) in [6.07, 6.45) is 0.197. The molecule has 1 N–H and O–H groups in total. The maximum atomic E-state index is 11.7. The van der Waals surface area contributed by atoms with Crippen LogP contribution in [0.1, 0.15) is 6.42 Å². The van der Waals surface area contributed by atoms with Crippen LogP contribution in [0.25, 0.3) is 0 Å². The second kappa shape index (κ2) is 6.32. The van der Waals surface area contributed by atoms with Crippen molar-refractivity contribution in [1.29, 1.82) is 0 Å². The number of ether oxygens (including phenoxy) is 2. The van der Waals surface area contributed by atoms with Gasteiger partial charge < -0.3 is 19.5 Å². The molecule has 0 spiro atoms. The molecule has 6 nitrogen and oxygen atoms in total. The molecule has 2 saturated heterocycles. The number of hydrogen-bond donors (Lipinski definition) is 1. The minimum atomic E-state index is -0.431. The maximum absolute atomic E-state index is 11.7. The molecule has 2 aliphatic heterocycles. The van der Waals surface area contributed by atoms with Gasteiger partial charge in [-0.15, -0.1) is 0 Å². The standard InChI is InChI=1S/C15H20N2O4/c18-11-14-10-17(15(19)21-14)13-4-2-12(3-5-13)16-6-1-8-20-9-7-16/h2-5,14,18H,1,6-11H2/t14-/m1/s1. The van der Waals surface area contributed by atoms with E-state index >= 15 is 0 Å². The number of nitrogens with zero attached hydrogens (tertiary/aromatic N) is 2. The summed E-state index contributed by atoms with van der Waals surface area (Å²) < 4.78 is 10.5. The Balaban J connectivity index is 1.70. The molecule has 0 unspecified atom stereocenters. The van der Waals surface area contributed by atoms with E-state index in [0.717, 1.165) is 44.1 Å². The Morgan fingerprint density at radius 3 is 2.62 bits per heavy atom. The summed E-state index contributed by atoms with van der Waals surface area (Å²) in [7, 11) is 0. The van der Waals surface area contributed by atoms with Crippen LogP contribution in [0.2, 0.25) is 0 Å². The first-order chi connectivity index (χ1) is 10.3. The van der Waals surface area contributed by atoms with Crippen LogP contribution in [0.15, 0.2) is 24.3 Å². The van der Waals surface area contributed by atoms with Crippen LogP contribution in [-0.4, -0.2) is 56.8 Å². The number of anilines is 2. The summed E-state index contributed by atoms with van der Waals surface area (Å²) in [5.74, 6) is 0. The minimum absolute atomic E-state index is 0.145. The topological polar surface area (TPSA) is 62.2 Å². The van der Waals surface area contributed by atoms with Gasteiger partial charge in [-0.2, -0.15) is 0 Å². The molecule has 2 fully saturated rings. The third-order valence-corrected chi connectivity index (χ3v) is 3.83. The van der Waals surface area contributed by atoms with Gasteiger partial charge in [0, 0.05) is 31.1 Å². The van der Waals surface area contributed by atoms with Crippen LogP contribution in [0, 0.1) is 0 Å². The molecule has 1 amide bonds. The van der Waals surface area contributed by atoms with Crippen LogP contribution >= 0.6 is 0 Å². The summed E-state index contributed by atoms with van der Waals surface area (Å²) in [5, 5.41) is 9.07. The van der Waals surface area contributed by atoms with Crippen LogP contribution in [0.4, 0.5) is 16.2 Å². The van der Waals surface area contributed by atoms with Gasteiger partial charge in [0.1, 0.15) is 6.10 Å². The van der Waals surface area contributed by atoms with Gasteiger partial charge in [-0.05, 0) is 30.7 Å². The molecule has 6 heteroatoms. The van der Waals surface area contributed by atoms with Gasteiger partial charge >= 0.3 is 6.09 Å². The van der Waals surface area contributed by atoms with E-state index in [0.29, 0.717) is 6.54 Å². The smallest absolute Gasteiger partial charge is 0.414 e. The van der Waals surface area contributed by atoms with Crippen molar-refractivity contribution in [2.45, 2.75) is 12.5 Å². The summed E-state index contributed by atoms with van der Waals surface area (Å²) in [5.41, 5.74) is 1.93. The zero-order valence-electron chi connectivity index (χ0n) is 11.9. The number of aliphatic hydroxyl groups is 1. The maximum Gasteiger partial charge on any atom is 0.414 e. The average Bonchev–Trinajstić information content (AvgIpc) is 2.73. The molecular formula is C15H20N2O4. The van der Waals surface area contributed by atoms with Crippen molar-refractivity contribution in [3.63, 3.8) is 0 Å². The summed E-state index contributed by atoms with van der Waals surface area (Å²) >= 11 is 0. The first-order valence-corrected chi connectivity index (χ1v) is 7.29. The molecule has 1 aromatic carbocycles. The van der Waals surface area contributed by atoms with Gasteiger partial charge in [0.05, 0.1) is 19.8 Å². The number of rotatable bonds is 3. The Labute approximate surface area is 123 Å². The van der Waals surface area contributed by atoms with Crippen molar-refractivity contribution in [2.24, 2.45) is 0 Å². The highest BCUT2D eigenvalue weighted by Crippen LogP contribution is 2.25. The van der Waals surface area contributed by atoms with Gasteiger partial charge in [0.25, 0.3) is 0 Å². The molecule has 21 heavy (non-hydrogen) atoms. The van der Waals surface area contributed by atoms with Gasteiger partial charge in [-0.1, -0.05) is 0 Å². The summed E-state index contributed by atoms with van der Waals surface area (Å²) in [6, 6.07) is 7.87. The van der Waals surface area contributed by atoms with E-state index in [2.05, 4.69) is 4.90 Å². The van der Waals surface area contributed by atoms with Crippen molar-refractivity contribution < 1.29 is 19.4 Å². The molecule has 1 aromatic rings. The third kappa shape index (κ3) is 3.11. The lowest BCUT2D eigenvalue weighted by Gasteiger charge is -2.22. The number of hydrogen-bond acceptors (Lipinski definition) is 5. The first-order valence-electron chi connectivity index (χ1n) is 7.29. The van der Waals surface area contributed by atoms with Gasteiger partial charge in [-0.3, -0.25) is 4.90 Å². The highest BCUT2D eigenvalue weighted by molar-refractivity contribution is 5.90. The molecule has 114 valence electrons. The molecule has 0 bridgehead atoms. The highest BCUT2D eigenvalue weighted by Gasteiger charge is 2.31.